The van der Waals surface area contributed by atoms with Gasteiger partial charge < -0.3 is 18.9 Å². The molecule has 43 heavy (non-hydrogen) atoms. The van der Waals surface area contributed by atoms with E-state index in [1.54, 1.807) is 15.9 Å². The summed E-state index contributed by atoms with van der Waals surface area (Å²) in [6.45, 7) is 17.1. The predicted octanol–water partition coefficient (Wildman–Crippen LogP) is 7.55. The van der Waals surface area contributed by atoms with Crippen LogP contribution in [0.1, 0.15) is 59.1 Å². The van der Waals surface area contributed by atoms with Gasteiger partial charge in [-0.2, -0.15) is 0 Å². The molecule has 2 amide bonds. The number of aromatic amines is 1. The van der Waals surface area contributed by atoms with Crippen LogP contribution in [-0.2, 0) is 26.0 Å². The number of carbonyl (C=O) groups is 2. The molecule has 2 aliphatic heterocycles. The Labute approximate surface area is 254 Å². The number of benzene rings is 2. The number of aromatic nitrogens is 1. The average molecular weight is 610 g/mol. The molecule has 0 aliphatic carbocycles. The maximum Gasteiger partial charge on any atom is 0.411 e. The zero-order valence-corrected chi connectivity index (χ0v) is 27.5. The molecule has 2 aromatic carbocycles. The Bertz CT molecular complexity index is 1500. The zero-order chi connectivity index (χ0) is 31.4. The summed E-state index contributed by atoms with van der Waals surface area (Å²) in [5, 5.41) is 0.678. The van der Waals surface area contributed by atoms with Crippen molar-refractivity contribution in [2.24, 2.45) is 0 Å². The third-order valence-electron chi connectivity index (χ3n) is 9.17. The number of fused-ring (bicyclic) bond motifs is 2. The molecule has 10 heteroatoms. The second-order valence-electron chi connectivity index (χ2n) is 14.3. The first kappa shape index (κ1) is 31.1. The van der Waals surface area contributed by atoms with Gasteiger partial charge in [-0.1, -0.05) is 51.1 Å². The number of H-pyrrole nitrogens is 1. The Morgan fingerprint density at radius 3 is 2.40 bits per heavy atom. The summed E-state index contributed by atoms with van der Waals surface area (Å²) in [7, 11) is -2.37. The van der Waals surface area contributed by atoms with E-state index in [1.165, 1.54) is 12.1 Å². The maximum absolute atomic E-state index is 14.2. The summed E-state index contributed by atoms with van der Waals surface area (Å²) < 4.78 is 33.1. The number of ether oxygens (including phenoxy) is 2. The van der Waals surface area contributed by atoms with Crippen LogP contribution in [0, 0.1) is 5.82 Å². The Morgan fingerprint density at radius 2 is 1.74 bits per heavy atom. The van der Waals surface area contributed by atoms with Gasteiger partial charge >= 0.3 is 12.2 Å². The van der Waals surface area contributed by atoms with Gasteiger partial charge in [0, 0.05) is 29.2 Å². The second-order valence-corrected chi connectivity index (χ2v) is 19.0. The number of hydrogen-bond acceptors (Lipinski definition) is 5. The third kappa shape index (κ3) is 5.79. The van der Waals surface area contributed by atoms with Gasteiger partial charge in [0.05, 0.1) is 24.2 Å². The molecular formula is C33H44FN3O5Si. The highest BCUT2D eigenvalue weighted by atomic mass is 28.4. The van der Waals surface area contributed by atoms with Gasteiger partial charge in [-0.3, -0.25) is 9.80 Å². The van der Waals surface area contributed by atoms with E-state index in [-0.39, 0.29) is 24.0 Å². The Hall–Kier alpha value is -3.37. The van der Waals surface area contributed by atoms with Crippen LogP contribution < -0.4 is 0 Å². The minimum absolute atomic E-state index is 0.107. The van der Waals surface area contributed by atoms with Crippen molar-refractivity contribution in [3.8, 4) is 0 Å². The van der Waals surface area contributed by atoms with Gasteiger partial charge in [0.1, 0.15) is 18.0 Å². The van der Waals surface area contributed by atoms with Crippen molar-refractivity contribution in [1.29, 1.82) is 0 Å². The molecule has 0 saturated carbocycles. The Balaban J connectivity index is 1.63. The van der Waals surface area contributed by atoms with Crippen molar-refractivity contribution in [3.63, 3.8) is 0 Å². The van der Waals surface area contributed by atoms with E-state index in [0.29, 0.717) is 18.5 Å². The van der Waals surface area contributed by atoms with Crippen LogP contribution in [0.5, 0.6) is 0 Å². The van der Waals surface area contributed by atoms with Gasteiger partial charge in [-0.05, 0) is 69.1 Å². The Kier molecular flexibility index (Phi) is 7.92. The molecule has 5 rings (SSSR count). The normalized spacial score (nSPS) is 22.6. The predicted molar refractivity (Wildman–Crippen MR) is 167 cm³/mol. The van der Waals surface area contributed by atoms with E-state index in [2.05, 4.69) is 38.8 Å². The monoisotopic (exact) mass is 609 g/mol. The van der Waals surface area contributed by atoms with Crippen LogP contribution in [0.15, 0.2) is 54.7 Å². The maximum atomic E-state index is 14.2. The quantitative estimate of drug-likeness (QED) is 0.302. The molecule has 0 spiro atoms. The molecule has 1 aromatic heterocycles. The van der Waals surface area contributed by atoms with Gasteiger partial charge in [-0.25, -0.2) is 14.0 Å². The van der Waals surface area contributed by atoms with Crippen LogP contribution in [0.3, 0.4) is 0 Å². The number of nitrogens with one attached hydrogen (secondary N) is 1. The van der Waals surface area contributed by atoms with E-state index in [1.807, 2.05) is 57.3 Å². The van der Waals surface area contributed by atoms with Crippen molar-refractivity contribution in [1.82, 2.24) is 14.8 Å². The van der Waals surface area contributed by atoms with E-state index in [4.69, 9.17) is 13.9 Å². The minimum Gasteiger partial charge on any atom is -0.445 e. The SMILES string of the molecule is CC(C)(C)OC(=O)N1CC(O[Si](C)(C)C(C)(C)C)C2N(C(=O)OCc3ccccc3)CCC21c1c[nH]c2cc(F)ccc12. The van der Waals surface area contributed by atoms with Crippen LogP contribution >= 0.6 is 0 Å². The molecular weight excluding hydrogens is 565 g/mol. The highest BCUT2D eigenvalue weighted by Crippen LogP contribution is 2.53. The number of rotatable bonds is 5. The highest BCUT2D eigenvalue weighted by molar-refractivity contribution is 6.74. The summed E-state index contributed by atoms with van der Waals surface area (Å²) in [5.74, 6) is -0.359. The molecule has 0 radical (unpaired) electrons. The van der Waals surface area contributed by atoms with Crippen LogP contribution in [0.4, 0.5) is 14.0 Å². The van der Waals surface area contributed by atoms with Gasteiger partial charge in [0.25, 0.3) is 0 Å². The zero-order valence-electron chi connectivity index (χ0n) is 26.5. The first-order chi connectivity index (χ1) is 20.0. The first-order valence-electron chi connectivity index (χ1n) is 15.0. The summed E-state index contributed by atoms with van der Waals surface area (Å²) >= 11 is 0. The van der Waals surface area contributed by atoms with Crippen molar-refractivity contribution >= 4 is 31.4 Å². The molecule has 3 atom stereocenters. The van der Waals surface area contributed by atoms with E-state index >= 15 is 0 Å². The van der Waals surface area contributed by atoms with E-state index in [0.717, 1.165) is 16.5 Å². The number of carbonyl (C=O) groups excluding carboxylic acids is 2. The van der Waals surface area contributed by atoms with Crippen molar-refractivity contribution in [3.05, 3.63) is 71.7 Å². The molecule has 3 heterocycles. The number of likely N-dealkylation sites (tertiary alicyclic amines) is 2. The summed E-state index contributed by atoms with van der Waals surface area (Å²) in [6.07, 6.45) is 0.845. The number of amides is 2. The average Bonchev–Trinajstić information content (AvgIpc) is 3.58. The second kappa shape index (κ2) is 11.0. The van der Waals surface area contributed by atoms with Crippen LogP contribution in [0.25, 0.3) is 10.9 Å². The largest absolute Gasteiger partial charge is 0.445 e. The number of nitrogens with zero attached hydrogens (tertiary/aromatic N) is 2. The van der Waals surface area contributed by atoms with Gasteiger partial charge in [0.15, 0.2) is 8.32 Å². The fourth-order valence-corrected chi connectivity index (χ4v) is 7.51. The molecule has 2 saturated heterocycles. The highest BCUT2D eigenvalue weighted by Gasteiger charge is 2.66. The Morgan fingerprint density at radius 1 is 1.05 bits per heavy atom. The summed E-state index contributed by atoms with van der Waals surface area (Å²) in [5.41, 5.74) is 0.583. The lowest BCUT2D eigenvalue weighted by molar-refractivity contribution is 0.00479. The standard InChI is InChI=1S/C33H44FN3O5Si/c1-31(2,3)41-30(39)37-20-27(42-43(7,8)32(4,5)6)28-33(37,25-19-35-26-18-23(34)14-15-24(25)26)16-17-36(28)29(38)40-21-22-12-10-9-11-13-22/h9-15,18-19,27-28,35H,16-17,20-21H2,1-8H3. The molecule has 1 N–H and O–H groups in total. The van der Waals surface area contributed by atoms with Gasteiger partial charge in [-0.15, -0.1) is 0 Å². The number of halogens is 1. The lowest BCUT2D eigenvalue weighted by Crippen LogP contribution is -2.55. The molecule has 232 valence electrons. The molecule has 3 aromatic rings. The topological polar surface area (TPSA) is 84.1 Å². The number of hydrogen-bond donors (Lipinski definition) is 1. The fraction of sp³-hybridized carbons (Fsp3) is 0.515. The molecule has 2 fully saturated rings. The fourth-order valence-electron chi connectivity index (χ4n) is 6.20. The molecule has 2 aliphatic rings. The van der Waals surface area contributed by atoms with E-state index in [9.17, 15) is 14.0 Å². The lowest BCUT2D eigenvalue weighted by Gasteiger charge is -2.42. The molecule has 3 unspecified atom stereocenters. The van der Waals surface area contributed by atoms with E-state index < -0.39 is 43.8 Å². The van der Waals surface area contributed by atoms with Crippen LogP contribution in [0.2, 0.25) is 18.1 Å². The lowest BCUT2D eigenvalue weighted by atomic mass is 9.82. The first-order valence-corrected chi connectivity index (χ1v) is 17.9. The van der Waals surface area contributed by atoms with Crippen molar-refractivity contribution in [2.75, 3.05) is 13.1 Å². The van der Waals surface area contributed by atoms with Gasteiger partial charge in [0.2, 0.25) is 0 Å². The van der Waals surface area contributed by atoms with Crippen molar-refractivity contribution < 1.29 is 27.9 Å². The smallest absolute Gasteiger partial charge is 0.411 e. The van der Waals surface area contributed by atoms with Crippen molar-refractivity contribution in [2.45, 2.75) is 96.0 Å². The third-order valence-corrected chi connectivity index (χ3v) is 13.7. The minimum atomic E-state index is -2.37. The summed E-state index contributed by atoms with van der Waals surface area (Å²) in [4.78, 5) is 34.6. The van der Waals surface area contributed by atoms with Crippen LogP contribution in [-0.4, -0.2) is 66.1 Å². The summed E-state index contributed by atoms with van der Waals surface area (Å²) in [6, 6.07) is 13.6. The molecule has 0 bridgehead atoms. The molecule has 8 nitrogen and oxygen atoms in total.